The Labute approximate surface area is 133 Å². The number of benzene rings is 1. The maximum absolute atomic E-state index is 11.9. The first-order valence-electron chi connectivity index (χ1n) is 7.62. The Morgan fingerprint density at radius 2 is 1.86 bits per heavy atom. The van der Waals surface area contributed by atoms with Gasteiger partial charge in [0.2, 0.25) is 5.91 Å². The standard InChI is InChI=1S/C18H26N2O2/c1-14(19)17(21)13-16(11-12-18(22)20(2)3)10-9-15-7-5-4-6-8-15/h4-8,11-12,14,16H,9-10,13,19H2,1-3H3/b12-11+/t14-,16-/m0/s1. The van der Waals surface area contributed by atoms with Gasteiger partial charge in [0, 0.05) is 20.5 Å². The Morgan fingerprint density at radius 3 is 2.41 bits per heavy atom. The predicted octanol–water partition coefficient (Wildman–Crippen LogP) is 2.19. The number of aryl methyl sites for hydroxylation is 1. The van der Waals surface area contributed by atoms with Crippen LogP contribution in [0.1, 0.15) is 25.3 Å². The molecule has 0 fully saturated rings. The summed E-state index contributed by atoms with van der Waals surface area (Å²) in [5.74, 6) is -0.0134. The summed E-state index contributed by atoms with van der Waals surface area (Å²) in [7, 11) is 3.41. The fourth-order valence-electron chi connectivity index (χ4n) is 2.07. The quantitative estimate of drug-likeness (QED) is 0.749. The highest BCUT2D eigenvalue weighted by atomic mass is 16.2. The van der Waals surface area contributed by atoms with Gasteiger partial charge in [0.15, 0.2) is 0 Å². The molecule has 0 heterocycles. The second-order valence-electron chi connectivity index (χ2n) is 5.84. The highest BCUT2D eigenvalue weighted by Crippen LogP contribution is 2.16. The first-order chi connectivity index (χ1) is 10.4. The maximum Gasteiger partial charge on any atom is 0.245 e. The van der Waals surface area contributed by atoms with Crippen molar-refractivity contribution in [2.24, 2.45) is 11.7 Å². The molecule has 0 unspecified atom stereocenters. The van der Waals surface area contributed by atoms with Crippen molar-refractivity contribution in [1.29, 1.82) is 0 Å². The van der Waals surface area contributed by atoms with Gasteiger partial charge in [-0.05, 0) is 37.3 Å². The Bertz CT molecular complexity index is 507. The Balaban J connectivity index is 2.69. The molecule has 120 valence electrons. The number of Topliss-reactive ketones (excluding diaryl/α,β-unsaturated/α-hetero) is 1. The summed E-state index contributed by atoms with van der Waals surface area (Å²) in [5, 5.41) is 0. The summed E-state index contributed by atoms with van der Waals surface area (Å²) >= 11 is 0. The topological polar surface area (TPSA) is 63.4 Å². The van der Waals surface area contributed by atoms with Crippen LogP contribution in [-0.4, -0.2) is 36.7 Å². The van der Waals surface area contributed by atoms with Crippen LogP contribution in [0.25, 0.3) is 0 Å². The van der Waals surface area contributed by atoms with Crippen LogP contribution >= 0.6 is 0 Å². The summed E-state index contributed by atoms with van der Waals surface area (Å²) in [5.41, 5.74) is 6.88. The average molecular weight is 302 g/mol. The molecule has 1 rings (SSSR count). The number of rotatable bonds is 8. The Kier molecular flexibility index (Phi) is 7.54. The van der Waals surface area contributed by atoms with E-state index in [4.69, 9.17) is 5.73 Å². The molecule has 0 bridgehead atoms. The number of amides is 1. The van der Waals surface area contributed by atoms with Gasteiger partial charge in [-0.15, -0.1) is 0 Å². The number of nitrogens with zero attached hydrogens (tertiary/aromatic N) is 1. The van der Waals surface area contributed by atoms with E-state index in [0.29, 0.717) is 6.42 Å². The molecule has 0 aliphatic carbocycles. The van der Waals surface area contributed by atoms with Crippen molar-refractivity contribution >= 4 is 11.7 Å². The maximum atomic E-state index is 11.9. The van der Waals surface area contributed by atoms with Crippen LogP contribution in [0, 0.1) is 5.92 Å². The molecule has 1 aromatic rings. The van der Waals surface area contributed by atoms with E-state index in [1.54, 1.807) is 27.1 Å². The third kappa shape index (κ3) is 6.68. The van der Waals surface area contributed by atoms with Gasteiger partial charge >= 0.3 is 0 Å². The molecule has 2 atom stereocenters. The van der Waals surface area contributed by atoms with Crippen molar-refractivity contribution in [3.63, 3.8) is 0 Å². The first-order valence-corrected chi connectivity index (χ1v) is 7.62. The average Bonchev–Trinajstić information content (AvgIpc) is 2.50. The number of hydrogen-bond acceptors (Lipinski definition) is 3. The minimum atomic E-state index is -0.461. The fourth-order valence-corrected chi connectivity index (χ4v) is 2.07. The van der Waals surface area contributed by atoms with Gasteiger partial charge in [0.25, 0.3) is 0 Å². The zero-order chi connectivity index (χ0) is 16.5. The van der Waals surface area contributed by atoms with Crippen LogP contribution in [0.5, 0.6) is 0 Å². The smallest absolute Gasteiger partial charge is 0.245 e. The highest BCUT2D eigenvalue weighted by Gasteiger charge is 2.15. The Morgan fingerprint density at radius 1 is 1.23 bits per heavy atom. The molecule has 0 spiro atoms. The third-order valence-electron chi connectivity index (χ3n) is 3.57. The second-order valence-corrected chi connectivity index (χ2v) is 5.84. The zero-order valence-corrected chi connectivity index (χ0v) is 13.7. The lowest BCUT2D eigenvalue weighted by Crippen LogP contribution is -2.28. The molecular formula is C18H26N2O2. The molecule has 0 aromatic heterocycles. The Hall–Kier alpha value is -1.94. The molecule has 1 amide bonds. The van der Waals surface area contributed by atoms with E-state index >= 15 is 0 Å². The minimum absolute atomic E-state index is 0.0278. The van der Waals surface area contributed by atoms with Gasteiger partial charge in [0.05, 0.1) is 6.04 Å². The van der Waals surface area contributed by atoms with E-state index in [-0.39, 0.29) is 17.6 Å². The monoisotopic (exact) mass is 302 g/mol. The molecule has 0 saturated heterocycles. The number of carbonyl (C=O) groups excluding carboxylic acids is 2. The number of carbonyl (C=O) groups is 2. The lowest BCUT2D eigenvalue weighted by atomic mass is 9.92. The van der Waals surface area contributed by atoms with Crippen LogP contribution < -0.4 is 5.73 Å². The van der Waals surface area contributed by atoms with E-state index < -0.39 is 6.04 Å². The van der Waals surface area contributed by atoms with E-state index in [2.05, 4.69) is 12.1 Å². The van der Waals surface area contributed by atoms with Crippen LogP contribution in [0.3, 0.4) is 0 Å². The van der Waals surface area contributed by atoms with E-state index in [1.165, 1.54) is 10.5 Å². The molecule has 0 aliphatic rings. The van der Waals surface area contributed by atoms with Crippen LogP contribution in [0.2, 0.25) is 0 Å². The number of hydrogen-bond donors (Lipinski definition) is 1. The lowest BCUT2D eigenvalue weighted by molar-refractivity contribution is -0.124. The van der Waals surface area contributed by atoms with E-state index in [9.17, 15) is 9.59 Å². The number of allylic oxidation sites excluding steroid dienone is 1. The number of nitrogens with two attached hydrogens (primary N) is 1. The summed E-state index contributed by atoms with van der Waals surface area (Å²) in [6.07, 6.45) is 5.45. The number of ketones is 1. The van der Waals surface area contributed by atoms with Crippen molar-refractivity contribution in [1.82, 2.24) is 4.90 Å². The van der Waals surface area contributed by atoms with Crippen molar-refractivity contribution in [3.05, 3.63) is 48.0 Å². The van der Waals surface area contributed by atoms with Crippen LogP contribution in [-0.2, 0) is 16.0 Å². The minimum Gasteiger partial charge on any atom is -0.345 e. The molecule has 1 aromatic carbocycles. The molecule has 2 N–H and O–H groups in total. The SMILES string of the molecule is C[C@H](N)C(=O)C[C@H](/C=C/C(=O)N(C)C)CCc1ccccc1. The van der Waals surface area contributed by atoms with Crippen LogP contribution in [0.15, 0.2) is 42.5 Å². The lowest BCUT2D eigenvalue weighted by Gasteiger charge is -2.14. The molecule has 0 saturated carbocycles. The van der Waals surface area contributed by atoms with Gasteiger partial charge in [-0.25, -0.2) is 0 Å². The fraction of sp³-hybridized carbons (Fsp3) is 0.444. The van der Waals surface area contributed by atoms with E-state index in [0.717, 1.165) is 12.8 Å². The summed E-state index contributed by atoms with van der Waals surface area (Å²) < 4.78 is 0. The third-order valence-corrected chi connectivity index (χ3v) is 3.57. The molecule has 0 aliphatic heterocycles. The van der Waals surface area contributed by atoms with Gasteiger partial charge in [-0.2, -0.15) is 0 Å². The zero-order valence-electron chi connectivity index (χ0n) is 13.7. The molecular weight excluding hydrogens is 276 g/mol. The van der Waals surface area contributed by atoms with Crippen molar-refractivity contribution in [3.8, 4) is 0 Å². The van der Waals surface area contributed by atoms with Crippen molar-refractivity contribution in [2.75, 3.05) is 14.1 Å². The second kappa shape index (κ2) is 9.15. The van der Waals surface area contributed by atoms with Gasteiger partial charge < -0.3 is 10.6 Å². The van der Waals surface area contributed by atoms with Crippen molar-refractivity contribution < 1.29 is 9.59 Å². The molecule has 0 radical (unpaired) electrons. The predicted molar refractivity (Wildman–Crippen MR) is 89.4 cm³/mol. The summed E-state index contributed by atoms with van der Waals surface area (Å²) in [4.78, 5) is 25.1. The molecule has 4 nitrogen and oxygen atoms in total. The van der Waals surface area contributed by atoms with Gasteiger partial charge in [0.1, 0.15) is 5.78 Å². The van der Waals surface area contributed by atoms with E-state index in [1.807, 2.05) is 24.3 Å². The summed E-state index contributed by atoms with van der Waals surface area (Å²) in [6.45, 7) is 1.70. The van der Waals surface area contributed by atoms with Gasteiger partial charge in [-0.1, -0.05) is 36.4 Å². The van der Waals surface area contributed by atoms with Crippen molar-refractivity contribution in [2.45, 2.75) is 32.2 Å². The number of likely N-dealkylation sites (N-methyl/N-ethyl adjacent to an activating group) is 1. The van der Waals surface area contributed by atoms with Gasteiger partial charge in [-0.3, -0.25) is 9.59 Å². The normalized spacial score (nSPS) is 13.8. The largest absolute Gasteiger partial charge is 0.345 e. The molecule has 22 heavy (non-hydrogen) atoms. The first kappa shape index (κ1) is 18.1. The van der Waals surface area contributed by atoms with Crippen LogP contribution in [0.4, 0.5) is 0 Å². The summed E-state index contributed by atoms with van der Waals surface area (Å²) in [6, 6.07) is 9.66. The molecule has 4 heteroatoms. The highest BCUT2D eigenvalue weighted by molar-refractivity contribution is 5.87.